The van der Waals surface area contributed by atoms with E-state index in [0.29, 0.717) is 0 Å². The molecule has 0 radical (unpaired) electrons. The highest BCUT2D eigenvalue weighted by Gasteiger charge is 2.85. The van der Waals surface area contributed by atoms with Crippen molar-refractivity contribution >= 4 is 0 Å². The van der Waals surface area contributed by atoms with E-state index in [1.165, 1.54) is 0 Å². The lowest BCUT2D eigenvalue weighted by Crippen LogP contribution is -2.69. The van der Waals surface area contributed by atoms with Crippen LogP contribution in [0.5, 0.6) is 0 Å². The predicted octanol–water partition coefficient (Wildman–Crippen LogP) is 2.06. The Balaban J connectivity index is 5.73. The van der Waals surface area contributed by atoms with Crippen LogP contribution >= 0.6 is 0 Å². The van der Waals surface area contributed by atoms with Gasteiger partial charge in [0.2, 0.25) is 0 Å². The molecule has 0 saturated carbocycles. The Hall–Kier alpha value is -0.780. The van der Waals surface area contributed by atoms with E-state index in [1.807, 2.05) is 0 Å². The molecule has 0 aliphatic carbocycles. The summed E-state index contributed by atoms with van der Waals surface area (Å²) < 4.78 is 118. The van der Waals surface area contributed by atoms with Gasteiger partial charge in [-0.25, -0.2) is 0 Å². The summed E-state index contributed by atoms with van der Waals surface area (Å²) in [6.45, 7) is 0. The lowest BCUT2D eigenvalue weighted by Gasteiger charge is -2.36. The summed E-state index contributed by atoms with van der Waals surface area (Å²) in [5.74, 6) is -21.0. The molecule has 104 valence electrons. The maximum atomic E-state index is 12.3. The van der Waals surface area contributed by atoms with Crippen LogP contribution in [0.1, 0.15) is 0 Å². The molecule has 2 N–H and O–H groups in total. The second kappa shape index (κ2) is 3.60. The van der Waals surface area contributed by atoms with Crippen molar-refractivity contribution in [2.24, 2.45) is 0 Å². The Morgan fingerprint density at radius 1 is 0.471 bits per heavy atom. The molecule has 0 amide bonds. The fourth-order valence-corrected chi connectivity index (χ4v) is 0.576. The van der Waals surface area contributed by atoms with Crippen molar-refractivity contribution in [1.82, 2.24) is 0 Å². The zero-order valence-corrected chi connectivity index (χ0v) is 7.17. The van der Waals surface area contributed by atoms with E-state index in [1.54, 1.807) is 0 Å². The second-order valence-electron chi connectivity index (χ2n) is 2.81. The summed E-state index contributed by atoms with van der Waals surface area (Å²) in [6, 6.07) is 0. The fraction of sp³-hybridized carbons (Fsp3) is 1.00. The molecule has 2 atom stereocenters. The minimum Gasteiger partial charge on any atom is -0.350 e. The quantitative estimate of drug-likeness (QED) is 0.762. The Morgan fingerprint density at radius 2 is 0.647 bits per heavy atom. The maximum absolute atomic E-state index is 12.3. The third kappa shape index (κ3) is 2.14. The van der Waals surface area contributed by atoms with Crippen LogP contribution in [-0.2, 0) is 0 Å². The molecule has 0 bridgehead atoms. The summed E-state index contributed by atoms with van der Waals surface area (Å²) in [7, 11) is 0. The number of rotatable bonds is 2. The Bertz CT molecular complexity index is 258. The molecular weight excluding hydrogens is 282 g/mol. The normalized spacial score (nSPS) is 21.9. The molecule has 0 saturated heterocycles. The summed E-state index contributed by atoms with van der Waals surface area (Å²) in [6.07, 6.45) is -13.9. The van der Waals surface area contributed by atoms with Crippen LogP contribution in [0.25, 0.3) is 0 Å². The highest BCUT2D eigenvalue weighted by Crippen LogP contribution is 2.53. The van der Waals surface area contributed by atoms with Crippen molar-refractivity contribution in [1.29, 1.82) is 0 Å². The summed E-state index contributed by atoms with van der Waals surface area (Å²) >= 11 is 0. The first-order valence-electron chi connectivity index (χ1n) is 3.34. The first-order chi connectivity index (χ1) is 7.00. The molecule has 0 aromatic rings. The van der Waals surface area contributed by atoms with E-state index in [-0.39, 0.29) is 0 Å². The van der Waals surface area contributed by atoms with Crippen LogP contribution in [0.3, 0.4) is 0 Å². The van der Waals surface area contributed by atoms with Gasteiger partial charge in [-0.1, -0.05) is 0 Å². The molecule has 2 nitrogen and oxygen atoms in total. The molecule has 0 fully saturated rings. The van der Waals surface area contributed by atoms with Gasteiger partial charge in [-0.3, -0.25) is 0 Å². The number of hydrogen-bond donors (Lipinski definition) is 2. The van der Waals surface area contributed by atoms with E-state index >= 15 is 0 Å². The van der Waals surface area contributed by atoms with Gasteiger partial charge in [0.25, 0.3) is 0 Å². The smallest absolute Gasteiger partial charge is 0.350 e. The van der Waals surface area contributed by atoms with Crippen LogP contribution in [0.15, 0.2) is 0 Å². The second-order valence-corrected chi connectivity index (χ2v) is 2.81. The molecule has 17 heavy (non-hydrogen) atoms. The van der Waals surface area contributed by atoms with E-state index in [0.717, 1.165) is 0 Å². The summed E-state index contributed by atoms with van der Waals surface area (Å²) in [5.41, 5.74) is 0. The molecule has 0 aromatic heterocycles. The highest BCUT2D eigenvalue weighted by molar-refractivity contribution is 5.02. The standard InChI is InChI=1S/C5H2F10O2/c6-1(7,2(8,16)4(10,11)12)3(9,17)5(13,14)15/h16-17H. The maximum Gasteiger partial charge on any atom is 0.455 e. The Kier molecular flexibility index (Phi) is 3.44. The minimum absolute atomic E-state index is 6.90. The van der Waals surface area contributed by atoms with Crippen molar-refractivity contribution in [2.45, 2.75) is 30.0 Å². The molecule has 12 heteroatoms. The van der Waals surface area contributed by atoms with Crippen LogP contribution < -0.4 is 0 Å². The largest absolute Gasteiger partial charge is 0.455 e. The number of halogens is 10. The van der Waals surface area contributed by atoms with Gasteiger partial charge >= 0.3 is 30.0 Å². The molecule has 2 unspecified atom stereocenters. The van der Waals surface area contributed by atoms with Gasteiger partial charge < -0.3 is 10.2 Å². The van der Waals surface area contributed by atoms with Crippen molar-refractivity contribution in [3.05, 3.63) is 0 Å². The van der Waals surface area contributed by atoms with Crippen molar-refractivity contribution in [3.63, 3.8) is 0 Å². The zero-order valence-electron chi connectivity index (χ0n) is 7.17. The molecule has 0 aliphatic rings. The lowest BCUT2D eigenvalue weighted by atomic mass is 10.0. The molecule has 0 rings (SSSR count). The van der Waals surface area contributed by atoms with Crippen molar-refractivity contribution in [2.75, 3.05) is 0 Å². The van der Waals surface area contributed by atoms with E-state index in [9.17, 15) is 43.9 Å². The summed E-state index contributed by atoms with van der Waals surface area (Å²) in [4.78, 5) is 0. The van der Waals surface area contributed by atoms with Gasteiger partial charge in [0.1, 0.15) is 0 Å². The van der Waals surface area contributed by atoms with Crippen LogP contribution in [0.4, 0.5) is 43.9 Å². The van der Waals surface area contributed by atoms with E-state index < -0.39 is 30.0 Å². The van der Waals surface area contributed by atoms with Gasteiger partial charge in [-0.15, -0.1) is 0 Å². The van der Waals surface area contributed by atoms with Gasteiger partial charge in [0.15, 0.2) is 0 Å². The lowest BCUT2D eigenvalue weighted by molar-refractivity contribution is -0.471. The zero-order chi connectivity index (χ0) is 14.5. The van der Waals surface area contributed by atoms with Crippen LogP contribution in [0, 0.1) is 0 Å². The third-order valence-electron chi connectivity index (χ3n) is 1.58. The van der Waals surface area contributed by atoms with Gasteiger partial charge in [-0.05, 0) is 0 Å². The van der Waals surface area contributed by atoms with Gasteiger partial charge in [-0.2, -0.15) is 43.9 Å². The first kappa shape index (κ1) is 16.2. The minimum atomic E-state index is -7.21. The third-order valence-corrected chi connectivity index (χ3v) is 1.58. The average molecular weight is 284 g/mol. The van der Waals surface area contributed by atoms with Crippen LogP contribution in [0.2, 0.25) is 0 Å². The highest BCUT2D eigenvalue weighted by atomic mass is 19.4. The average Bonchev–Trinajstić information content (AvgIpc) is 1.98. The van der Waals surface area contributed by atoms with Gasteiger partial charge in [0, 0.05) is 0 Å². The monoisotopic (exact) mass is 284 g/mol. The van der Waals surface area contributed by atoms with Crippen molar-refractivity contribution < 1.29 is 54.1 Å². The Morgan fingerprint density at radius 3 is 0.765 bits per heavy atom. The Labute approximate surface area is 85.4 Å². The molecule has 0 aromatic carbocycles. The first-order valence-corrected chi connectivity index (χ1v) is 3.34. The molecule has 0 heterocycles. The van der Waals surface area contributed by atoms with Crippen LogP contribution in [-0.4, -0.2) is 40.2 Å². The molecule has 0 aliphatic heterocycles. The molecule has 0 spiro atoms. The van der Waals surface area contributed by atoms with E-state index in [4.69, 9.17) is 10.2 Å². The predicted molar refractivity (Wildman–Crippen MR) is 29.2 cm³/mol. The SMILES string of the molecule is OC(F)(C(F)(F)F)C(F)(F)C(O)(F)C(F)(F)F. The molecular formula is C5H2F10O2. The number of alkyl halides is 10. The fourth-order valence-electron chi connectivity index (χ4n) is 0.576. The summed E-state index contributed by atoms with van der Waals surface area (Å²) in [5, 5.41) is 15.3. The topological polar surface area (TPSA) is 40.5 Å². The van der Waals surface area contributed by atoms with Gasteiger partial charge in [0.05, 0.1) is 0 Å². The number of aliphatic hydroxyl groups is 2. The van der Waals surface area contributed by atoms with E-state index in [2.05, 4.69) is 0 Å². The van der Waals surface area contributed by atoms with Crippen molar-refractivity contribution in [3.8, 4) is 0 Å². The number of hydrogen-bond acceptors (Lipinski definition) is 2.